The van der Waals surface area contributed by atoms with Gasteiger partial charge in [0.1, 0.15) is 10.8 Å². The lowest BCUT2D eigenvalue weighted by atomic mass is 10.2. The molecular formula is C15H11Cl2N3O. The normalized spacial score (nSPS) is 11.0. The molecule has 0 unspecified atom stereocenters. The smallest absolute Gasteiger partial charge is 0.225 e. The van der Waals surface area contributed by atoms with Crippen molar-refractivity contribution in [3.05, 3.63) is 58.1 Å². The predicted molar refractivity (Wildman–Crippen MR) is 83.1 cm³/mol. The molecule has 0 fully saturated rings. The van der Waals surface area contributed by atoms with Crippen molar-refractivity contribution < 1.29 is 4.79 Å². The highest BCUT2D eigenvalue weighted by molar-refractivity contribution is 6.35. The van der Waals surface area contributed by atoms with Gasteiger partial charge in [-0.3, -0.25) is 4.79 Å². The van der Waals surface area contributed by atoms with Gasteiger partial charge in [-0.05, 0) is 23.2 Å². The molecule has 0 aliphatic carbocycles. The van der Waals surface area contributed by atoms with Crippen molar-refractivity contribution in [2.45, 2.75) is 13.5 Å². The van der Waals surface area contributed by atoms with Gasteiger partial charge in [0.05, 0.1) is 11.1 Å². The molecule has 0 bridgehead atoms. The SMILES string of the molecule is CC(=O)c1cc2c(Cl)nc(Cl)nc2n1Cc1ccccc1. The summed E-state index contributed by atoms with van der Waals surface area (Å²) in [5.41, 5.74) is 2.16. The van der Waals surface area contributed by atoms with E-state index in [1.165, 1.54) is 6.92 Å². The van der Waals surface area contributed by atoms with Crippen molar-refractivity contribution in [2.75, 3.05) is 0 Å². The lowest BCUT2D eigenvalue weighted by Gasteiger charge is -2.08. The Balaban J connectivity index is 2.23. The molecule has 2 heterocycles. The van der Waals surface area contributed by atoms with Crippen LogP contribution in [0.25, 0.3) is 11.0 Å². The van der Waals surface area contributed by atoms with Crippen LogP contribution in [0.5, 0.6) is 0 Å². The summed E-state index contributed by atoms with van der Waals surface area (Å²) in [6.07, 6.45) is 0. The zero-order chi connectivity index (χ0) is 15.0. The Bertz CT molecular complexity index is 828. The molecule has 6 heteroatoms. The van der Waals surface area contributed by atoms with E-state index < -0.39 is 0 Å². The maximum atomic E-state index is 11.9. The van der Waals surface area contributed by atoms with E-state index in [4.69, 9.17) is 23.2 Å². The summed E-state index contributed by atoms with van der Waals surface area (Å²) in [6.45, 7) is 2.03. The number of rotatable bonds is 3. The zero-order valence-corrected chi connectivity index (χ0v) is 12.7. The second-order valence-corrected chi connectivity index (χ2v) is 5.37. The van der Waals surface area contributed by atoms with Crippen molar-refractivity contribution >= 4 is 40.0 Å². The molecule has 0 atom stereocenters. The molecule has 0 spiro atoms. The molecular weight excluding hydrogens is 309 g/mol. The molecule has 0 saturated heterocycles. The van der Waals surface area contributed by atoms with E-state index >= 15 is 0 Å². The van der Waals surface area contributed by atoms with Crippen LogP contribution in [0.15, 0.2) is 36.4 Å². The molecule has 0 N–H and O–H groups in total. The number of carbonyl (C=O) groups excluding carboxylic acids is 1. The van der Waals surface area contributed by atoms with Crippen LogP contribution in [0.3, 0.4) is 0 Å². The first-order chi connectivity index (χ1) is 10.1. The van der Waals surface area contributed by atoms with Crippen LogP contribution < -0.4 is 0 Å². The van der Waals surface area contributed by atoms with E-state index in [0.29, 0.717) is 23.3 Å². The lowest BCUT2D eigenvalue weighted by molar-refractivity contribution is 0.101. The van der Waals surface area contributed by atoms with Crippen molar-refractivity contribution in [1.29, 1.82) is 0 Å². The minimum absolute atomic E-state index is 0.0591. The number of aromatic nitrogens is 3. The average Bonchev–Trinajstić information content (AvgIpc) is 2.79. The Morgan fingerprint density at radius 3 is 2.57 bits per heavy atom. The van der Waals surface area contributed by atoms with Gasteiger partial charge in [-0.2, -0.15) is 4.98 Å². The quantitative estimate of drug-likeness (QED) is 0.416. The van der Waals surface area contributed by atoms with E-state index in [1.807, 2.05) is 34.9 Å². The van der Waals surface area contributed by atoms with Crippen LogP contribution in [0.1, 0.15) is 23.0 Å². The Morgan fingerprint density at radius 2 is 1.90 bits per heavy atom. The molecule has 0 amide bonds. The molecule has 106 valence electrons. The first-order valence-corrected chi connectivity index (χ1v) is 7.09. The maximum Gasteiger partial charge on any atom is 0.225 e. The molecule has 21 heavy (non-hydrogen) atoms. The van der Waals surface area contributed by atoms with Gasteiger partial charge in [-0.15, -0.1) is 0 Å². The first kappa shape index (κ1) is 14.0. The molecule has 3 rings (SSSR count). The first-order valence-electron chi connectivity index (χ1n) is 6.33. The largest absolute Gasteiger partial charge is 0.318 e. The second kappa shape index (κ2) is 5.47. The summed E-state index contributed by atoms with van der Waals surface area (Å²) < 4.78 is 1.81. The molecule has 2 aromatic heterocycles. The second-order valence-electron chi connectivity index (χ2n) is 4.68. The number of halogens is 2. The highest BCUT2D eigenvalue weighted by Crippen LogP contribution is 2.26. The number of carbonyl (C=O) groups is 1. The number of Topliss-reactive ketones (excluding diaryl/α,β-unsaturated/α-hetero) is 1. The number of nitrogens with zero attached hydrogens (tertiary/aromatic N) is 3. The van der Waals surface area contributed by atoms with E-state index in [2.05, 4.69) is 9.97 Å². The van der Waals surface area contributed by atoms with E-state index in [-0.39, 0.29) is 16.2 Å². The molecule has 4 nitrogen and oxygen atoms in total. The van der Waals surface area contributed by atoms with Crippen molar-refractivity contribution in [2.24, 2.45) is 0 Å². The van der Waals surface area contributed by atoms with Crippen LogP contribution in [0.4, 0.5) is 0 Å². The Kier molecular flexibility index (Phi) is 3.66. The number of ketones is 1. The molecule has 3 aromatic rings. The average molecular weight is 320 g/mol. The summed E-state index contributed by atoms with van der Waals surface area (Å²) in [5, 5.41) is 0.941. The number of hydrogen-bond acceptors (Lipinski definition) is 3. The Labute approximate surface area is 131 Å². The monoisotopic (exact) mass is 319 g/mol. The maximum absolute atomic E-state index is 11.9. The van der Waals surface area contributed by atoms with Gasteiger partial charge < -0.3 is 4.57 Å². The van der Waals surface area contributed by atoms with Gasteiger partial charge >= 0.3 is 0 Å². The van der Waals surface area contributed by atoms with Gasteiger partial charge in [-0.1, -0.05) is 41.9 Å². The third kappa shape index (κ3) is 2.64. The Hall–Kier alpha value is -1.91. The third-order valence-electron chi connectivity index (χ3n) is 3.22. The fraction of sp³-hybridized carbons (Fsp3) is 0.133. The third-order valence-corrected chi connectivity index (χ3v) is 3.68. The summed E-state index contributed by atoms with van der Waals surface area (Å²) in [6, 6.07) is 11.5. The van der Waals surface area contributed by atoms with Crippen molar-refractivity contribution in [1.82, 2.24) is 14.5 Å². The fourth-order valence-electron chi connectivity index (χ4n) is 2.28. The van der Waals surface area contributed by atoms with Gasteiger partial charge in [-0.25, -0.2) is 4.98 Å². The Morgan fingerprint density at radius 1 is 1.19 bits per heavy atom. The number of hydrogen-bond donors (Lipinski definition) is 0. The summed E-state index contributed by atoms with van der Waals surface area (Å²) in [4.78, 5) is 20.0. The fourth-order valence-corrected chi connectivity index (χ4v) is 2.71. The highest BCUT2D eigenvalue weighted by Gasteiger charge is 2.17. The molecule has 0 radical (unpaired) electrons. The standard InChI is InChI=1S/C15H11Cl2N3O/c1-9(21)12-7-11-13(16)18-15(17)19-14(11)20(12)8-10-5-3-2-4-6-10/h2-7H,8H2,1H3. The van der Waals surface area contributed by atoms with E-state index in [0.717, 1.165) is 5.56 Å². The van der Waals surface area contributed by atoms with Gasteiger partial charge in [0.15, 0.2) is 5.78 Å². The van der Waals surface area contributed by atoms with Crippen LogP contribution in [0.2, 0.25) is 10.4 Å². The number of fused-ring (bicyclic) bond motifs is 1. The predicted octanol–water partition coefficient (Wildman–Crippen LogP) is 3.99. The van der Waals surface area contributed by atoms with Crippen molar-refractivity contribution in [3.8, 4) is 0 Å². The molecule has 0 saturated carbocycles. The summed E-state index contributed by atoms with van der Waals surface area (Å²) in [5.74, 6) is -0.0591. The van der Waals surface area contributed by atoms with Crippen LogP contribution in [-0.2, 0) is 6.54 Å². The van der Waals surface area contributed by atoms with Crippen LogP contribution >= 0.6 is 23.2 Å². The molecule has 0 aliphatic rings. The van der Waals surface area contributed by atoms with E-state index in [1.54, 1.807) is 6.07 Å². The van der Waals surface area contributed by atoms with Crippen molar-refractivity contribution in [3.63, 3.8) is 0 Å². The molecule has 1 aromatic carbocycles. The van der Waals surface area contributed by atoms with E-state index in [9.17, 15) is 4.79 Å². The summed E-state index contributed by atoms with van der Waals surface area (Å²) in [7, 11) is 0. The lowest BCUT2D eigenvalue weighted by Crippen LogP contribution is -2.08. The molecule has 0 aliphatic heterocycles. The highest BCUT2D eigenvalue weighted by atomic mass is 35.5. The minimum atomic E-state index is -0.0591. The van der Waals surface area contributed by atoms with Gasteiger partial charge in [0.2, 0.25) is 5.28 Å². The van der Waals surface area contributed by atoms with Crippen LogP contribution in [-0.4, -0.2) is 20.3 Å². The van der Waals surface area contributed by atoms with Crippen LogP contribution in [0, 0.1) is 0 Å². The zero-order valence-electron chi connectivity index (χ0n) is 11.2. The number of benzene rings is 1. The van der Waals surface area contributed by atoms with Gasteiger partial charge in [0.25, 0.3) is 0 Å². The minimum Gasteiger partial charge on any atom is -0.318 e. The topological polar surface area (TPSA) is 47.8 Å². The summed E-state index contributed by atoms with van der Waals surface area (Å²) >= 11 is 12.0. The van der Waals surface area contributed by atoms with Gasteiger partial charge in [0, 0.05) is 13.5 Å².